The Hall–Kier alpha value is -2.43. The van der Waals surface area contributed by atoms with Gasteiger partial charge in [0.05, 0.1) is 0 Å². The molecule has 0 fully saturated rings. The van der Waals surface area contributed by atoms with Crippen molar-refractivity contribution < 1.29 is 4.79 Å². The van der Waals surface area contributed by atoms with Gasteiger partial charge in [-0.3, -0.25) is 9.59 Å². The molecule has 0 saturated heterocycles. The van der Waals surface area contributed by atoms with Gasteiger partial charge in [0.25, 0.3) is 11.5 Å². The van der Waals surface area contributed by atoms with Crippen LogP contribution < -0.4 is 10.5 Å². The van der Waals surface area contributed by atoms with Crippen LogP contribution in [0.5, 0.6) is 0 Å². The molecule has 1 amide bonds. The maximum Gasteiger partial charge on any atom is 0.278 e. The third-order valence-electron chi connectivity index (χ3n) is 3.78. The van der Waals surface area contributed by atoms with Crippen LogP contribution >= 0.6 is 0 Å². The van der Waals surface area contributed by atoms with Crippen molar-refractivity contribution in [1.82, 2.24) is 9.78 Å². The first-order chi connectivity index (χ1) is 10.1. The van der Waals surface area contributed by atoms with E-state index < -0.39 is 0 Å². The predicted molar refractivity (Wildman–Crippen MR) is 80.7 cm³/mol. The number of anilines is 1. The van der Waals surface area contributed by atoms with Crippen LogP contribution in [0.4, 0.5) is 5.69 Å². The zero-order valence-corrected chi connectivity index (χ0v) is 12.2. The monoisotopic (exact) mass is 283 g/mol. The van der Waals surface area contributed by atoms with Gasteiger partial charge >= 0.3 is 0 Å². The molecule has 108 valence electrons. The van der Waals surface area contributed by atoms with Gasteiger partial charge in [-0.25, -0.2) is 4.68 Å². The second-order valence-electron chi connectivity index (χ2n) is 5.37. The first-order valence-electron chi connectivity index (χ1n) is 7.02. The van der Waals surface area contributed by atoms with Crippen LogP contribution in [-0.4, -0.2) is 22.2 Å². The van der Waals surface area contributed by atoms with Crippen molar-refractivity contribution >= 4 is 11.6 Å². The lowest BCUT2D eigenvalue weighted by Crippen LogP contribution is -2.37. The first-order valence-corrected chi connectivity index (χ1v) is 7.02. The molecule has 1 aliphatic heterocycles. The molecule has 0 aliphatic carbocycles. The smallest absolute Gasteiger partial charge is 0.278 e. The van der Waals surface area contributed by atoms with Crippen LogP contribution in [0.3, 0.4) is 0 Å². The summed E-state index contributed by atoms with van der Waals surface area (Å²) in [5.41, 5.74) is 3.42. The summed E-state index contributed by atoms with van der Waals surface area (Å²) < 4.78 is 1.19. The molecule has 5 nitrogen and oxygen atoms in total. The van der Waals surface area contributed by atoms with E-state index in [1.807, 2.05) is 12.1 Å². The van der Waals surface area contributed by atoms with Crippen molar-refractivity contribution in [3.8, 4) is 0 Å². The number of aromatic nitrogens is 2. The van der Waals surface area contributed by atoms with E-state index in [9.17, 15) is 9.59 Å². The van der Waals surface area contributed by atoms with Gasteiger partial charge in [-0.2, -0.15) is 5.10 Å². The Labute approximate surface area is 122 Å². The highest BCUT2D eigenvalue weighted by Crippen LogP contribution is 2.28. The molecule has 0 bridgehead atoms. The maximum absolute atomic E-state index is 12.7. The average molecular weight is 283 g/mol. The molecule has 0 saturated carbocycles. The first kappa shape index (κ1) is 13.5. The van der Waals surface area contributed by atoms with Crippen LogP contribution in [-0.2, 0) is 13.5 Å². The lowest BCUT2D eigenvalue weighted by Gasteiger charge is -2.29. The maximum atomic E-state index is 12.7. The Morgan fingerprint density at radius 3 is 2.81 bits per heavy atom. The zero-order chi connectivity index (χ0) is 15.0. The molecule has 3 rings (SSSR count). The normalized spacial score (nSPS) is 13.9. The minimum Gasteiger partial charge on any atom is -0.307 e. The SMILES string of the molecule is Cc1ccc2c(c1)CCCN2C(=O)c1ccc(=O)n(C)n1. The lowest BCUT2D eigenvalue weighted by atomic mass is 9.99. The van der Waals surface area contributed by atoms with E-state index in [-0.39, 0.29) is 11.5 Å². The standard InChI is InChI=1S/C16H17N3O2/c1-11-5-7-14-12(10-11)4-3-9-19(14)16(21)13-6-8-15(20)18(2)17-13/h5-8,10H,3-4,9H2,1-2H3. The fourth-order valence-corrected chi connectivity index (χ4v) is 2.69. The van der Waals surface area contributed by atoms with E-state index in [4.69, 9.17) is 0 Å². The summed E-state index contributed by atoms with van der Waals surface area (Å²) in [6.07, 6.45) is 1.93. The number of hydrogen-bond acceptors (Lipinski definition) is 3. The quantitative estimate of drug-likeness (QED) is 0.800. The molecule has 2 aromatic rings. The van der Waals surface area contributed by atoms with Crippen LogP contribution in [0.1, 0.15) is 28.0 Å². The van der Waals surface area contributed by atoms with E-state index in [1.165, 1.54) is 27.9 Å². The summed E-state index contributed by atoms with van der Waals surface area (Å²) in [5, 5.41) is 4.05. The summed E-state index contributed by atoms with van der Waals surface area (Å²) in [7, 11) is 1.55. The number of fused-ring (bicyclic) bond motifs is 1. The van der Waals surface area contributed by atoms with Gasteiger partial charge in [-0.1, -0.05) is 17.7 Å². The highest BCUT2D eigenvalue weighted by atomic mass is 16.2. The van der Waals surface area contributed by atoms with E-state index in [0.29, 0.717) is 12.2 Å². The molecule has 1 aliphatic rings. The fraction of sp³-hybridized carbons (Fsp3) is 0.312. The second kappa shape index (κ2) is 5.16. The third kappa shape index (κ3) is 2.46. The van der Waals surface area contributed by atoms with Crippen LogP contribution in [0, 0.1) is 6.92 Å². The van der Waals surface area contributed by atoms with Crippen molar-refractivity contribution in [3.63, 3.8) is 0 Å². The summed E-state index contributed by atoms with van der Waals surface area (Å²) in [6.45, 7) is 2.73. The van der Waals surface area contributed by atoms with Gasteiger partial charge in [0.1, 0.15) is 5.69 Å². The molecule has 1 aromatic heterocycles. The highest BCUT2D eigenvalue weighted by molar-refractivity contribution is 6.05. The Kier molecular flexibility index (Phi) is 3.33. The van der Waals surface area contributed by atoms with Gasteiger partial charge in [0.15, 0.2) is 0 Å². The van der Waals surface area contributed by atoms with Crippen molar-refractivity contribution in [2.24, 2.45) is 7.05 Å². The average Bonchev–Trinajstić information content (AvgIpc) is 2.48. The van der Waals surface area contributed by atoms with Crippen molar-refractivity contribution in [2.45, 2.75) is 19.8 Å². The van der Waals surface area contributed by atoms with E-state index in [0.717, 1.165) is 18.5 Å². The van der Waals surface area contributed by atoms with Crippen molar-refractivity contribution in [2.75, 3.05) is 11.4 Å². The number of hydrogen-bond donors (Lipinski definition) is 0. The minimum absolute atomic E-state index is 0.157. The number of aryl methyl sites for hydroxylation is 3. The van der Waals surface area contributed by atoms with E-state index in [1.54, 1.807) is 11.9 Å². The van der Waals surface area contributed by atoms with Crippen LogP contribution in [0.25, 0.3) is 0 Å². The zero-order valence-electron chi connectivity index (χ0n) is 12.2. The van der Waals surface area contributed by atoms with E-state index in [2.05, 4.69) is 18.1 Å². The molecule has 2 heterocycles. The molecular weight excluding hydrogens is 266 g/mol. The van der Waals surface area contributed by atoms with Crippen LogP contribution in [0.2, 0.25) is 0 Å². The van der Waals surface area contributed by atoms with Gasteiger partial charge in [0.2, 0.25) is 0 Å². The van der Waals surface area contributed by atoms with Crippen molar-refractivity contribution in [1.29, 1.82) is 0 Å². The molecule has 21 heavy (non-hydrogen) atoms. The lowest BCUT2D eigenvalue weighted by molar-refractivity contribution is 0.0978. The number of rotatable bonds is 1. The summed E-state index contributed by atoms with van der Waals surface area (Å²) >= 11 is 0. The molecule has 5 heteroatoms. The summed E-state index contributed by atoms with van der Waals surface area (Å²) in [6, 6.07) is 9.00. The molecule has 1 aromatic carbocycles. The number of nitrogens with zero attached hydrogens (tertiary/aromatic N) is 3. The minimum atomic E-state index is -0.221. The fourth-order valence-electron chi connectivity index (χ4n) is 2.69. The Morgan fingerprint density at radius 2 is 2.05 bits per heavy atom. The molecule has 0 spiro atoms. The Balaban J connectivity index is 2.00. The number of amides is 1. The molecule has 0 radical (unpaired) electrons. The predicted octanol–water partition coefficient (Wildman–Crippen LogP) is 1.68. The van der Waals surface area contributed by atoms with Gasteiger partial charge < -0.3 is 4.90 Å². The highest BCUT2D eigenvalue weighted by Gasteiger charge is 2.24. The van der Waals surface area contributed by atoms with Gasteiger partial charge in [-0.15, -0.1) is 0 Å². The summed E-state index contributed by atoms with van der Waals surface area (Å²) in [5.74, 6) is -0.157. The number of carbonyl (C=O) groups excluding carboxylic acids is 1. The summed E-state index contributed by atoms with van der Waals surface area (Å²) in [4.78, 5) is 25.8. The van der Waals surface area contributed by atoms with Crippen molar-refractivity contribution in [3.05, 3.63) is 57.5 Å². The number of carbonyl (C=O) groups is 1. The van der Waals surface area contributed by atoms with Gasteiger partial charge in [-0.05, 0) is 37.5 Å². The molecule has 0 atom stereocenters. The molecular formula is C16H17N3O2. The van der Waals surface area contributed by atoms with E-state index >= 15 is 0 Å². The third-order valence-corrected chi connectivity index (χ3v) is 3.78. The van der Waals surface area contributed by atoms with Gasteiger partial charge in [0, 0.05) is 25.3 Å². The number of benzene rings is 1. The largest absolute Gasteiger partial charge is 0.307 e. The van der Waals surface area contributed by atoms with Crippen LogP contribution in [0.15, 0.2) is 35.1 Å². The topological polar surface area (TPSA) is 55.2 Å². The molecule has 0 N–H and O–H groups in total. The Bertz CT molecular complexity index is 764. The second-order valence-corrected chi connectivity index (χ2v) is 5.37. The molecule has 0 unspecified atom stereocenters. The Morgan fingerprint density at radius 1 is 1.24 bits per heavy atom.